The van der Waals surface area contributed by atoms with Gasteiger partial charge in [0.1, 0.15) is 6.10 Å². The Labute approximate surface area is 104 Å². The largest absolute Gasteiger partial charge is 0.297 e. The molecule has 2 aliphatic rings. The molecule has 0 N–H and O–H groups in total. The predicted octanol–water partition coefficient (Wildman–Crippen LogP) is 3.08. The number of hydrogen-bond donors (Lipinski definition) is 0. The molecule has 1 saturated carbocycles. The topological polar surface area (TPSA) is 29.5 Å². The highest BCUT2D eigenvalue weighted by Crippen LogP contribution is 2.39. The quantitative estimate of drug-likeness (QED) is 0.741. The molecule has 1 aliphatic heterocycles. The summed E-state index contributed by atoms with van der Waals surface area (Å²) in [5, 5.41) is 2.11. The Kier molecular flexibility index (Phi) is 3.34. The third-order valence-electron chi connectivity index (χ3n) is 4.16. The molecule has 0 amide bonds. The van der Waals surface area contributed by atoms with Crippen LogP contribution >= 0.6 is 0 Å². The van der Waals surface area contributed by atoms with Gasteiger partial charge in [-0.15, -0.1) is 0 Å². The summed E-state index contributed by atoms with van der Waals surface area (Å²) in [4.78, 5) is 17.8. The second-order valence-corrected chi connectivity index (χ2v) is 6.73. The van der Waals surface area contributed by atoms with Crippen LogP contribution in [0, 0.1) is 0 Å². The molecule has 0 spiro atoms. The lowest BCUT2D eigenvalue weighted by atomic mass is 9.82. The summed E-state index contributed by atoms with van der Waals surface area (Å²) in [6.45, 7) is 8.86. The van der Waals surface area contributed by atoms with Crippen LogP contribution in [-0.4, -0.2) is 28.0 Å². The average molecular weight is 239 g/mol. The molecule has 1 atom stereocenters. The van der Waals surface area contributed by atoms with Gasteiger partial charge in [-0.2, -0.15) is 5.06 Å². The molecule has 0 radical (unpaired) electrons. The number of carbonyl (C=O) groups is 1. The van der Waals surface area contributed by atoms with Gasteiger partial charge in [-0.25, -0.2) is 0 Å². The van der Waals surface area contributed by atoms with E-state index < -0.39 is 0 Å². The molecular formula is C14H25NO2. The van der Waals surface area contributed by atoms with Crippen molar-refractivity contribution in [3.8, 4) is 0 Å². The number of rotatable bonds is 2. The molecule has 98 valence electrons. The maximum atomic E-state index is 11.7. The van der Waals surface area contributed by atoms with Crippen molar-refractivity contribution in [3.63, 3.8) is 0 Å². The number of Topliss-reactive ketones (excluding diaryl/α,β-unsaturated/α-hetero) is 1. The molecule has 0 aromatic rings. The van der Waals surface area contributed by atoms with Crippen LogP contribution in [0.4, 0.5) is 0 Å². The van der Waals surface area contributed by atoms with Crippen molar-refractivity contribution >= 4 is 5.78 Å². The van der Waals surface area contributed by atoms with Crippen molar-refractivity contribution in [2.24, 2.45) is 0 Å². The SMILES string of the molecule is CC1(C)CCCC(C)(C)N1OC1CCCC1=O. The molecule has 1 aliphatic carbocycles. The maximum absolute atomic E-state index is 11.7. The van der Waals surface area contributed by atoms with E-state index in [9.17, 15) is 4.79 Å². The maximum Gasteiger partial charge on any atom is 0.163 e. The third kappa shape index (κ3) is 2.55. The molecule has 0 aromatic carbocycles. The zero-order chi connectivity index (χ0) is 12.7. The second kappa shape index (κ2) is 4.36. The van der Waals surface area contributed by atoms with Gasteiger partial charge in [0.15, 0.2) is 5.78 Å². The molecule has 0 bridgehead atoms. The summed E-state index contributed by atoms with van der Waals surface area (Å²) in [7, 11) is 0. The molecule has 0 aromatic heterocycles. The standard InChI is InChI=1S/C14H25NO2/c1-13(2)9-6-10-14(3,4)15(13)17-12-8-5-7-11(12)16/h12H,5-10H2,1-4H3. The van der Waals surface area contributed by atoms with Gasteiger partial charge in [-0.05, 0) is 59.8 Å². The van der Waals surface area contributed by atoms with Crippen molar-refractivity contribution in [1.82, 2.24) is 5.06 Å². The number of ketones is 1. The van der Waals surface area contributed by atoms with Crippen LogP contribution in [0.25, 0.3) is 0 Å². The molecular weight excluding hydrogens is 214 g/mol. The fourth-order valence-corrected chi connectivity index (χ4v) is 3.28. The van der Waals surface area contributed by atoms with Gasteiger partial charge in [0.05, 0.1) is 0 Å². The van der Waals surface area contributed by atoms with Gasteiger partial charge in [-0.3, -0.25) is 9.63 Å². The minimum Gasteiger partial charge on any atom is -0.297 e. The van der Waals surface area contributed by atoms with Gasteiger partial charge < -0.3 is 0 Å². The summed E-state index contributed by atoms with van der Waals surface area (Å²) >= 11 is 0. The molecule has 1 heterocycles. The van der Waals surface area contributed by atoms with E-state index in [2.05, 4.69) is 32.8 Å². The van der Waals surface area contributed by atoms with Crippen molar-refractivity contribution in [3.05, 3.63) is 0 Å². The van der Waals surface area contributed by atoms with Crippen LogP contribution in [0.15, 0.2) is 0 Å². The van der Waals surface area contributed by atoms with Crippen LogP contribution in [0.5, 0.6) is 0 Å². The first-order chi connectivity index (χ1) is 7.83. The van der Waals surface area contributed by atoms with Crippen molar-refractivity contribution in [1.29, 1.82) is 0 Å². The normalized spacial score (nSPS) is 32.9. The van der Waals surface area contributed by atoms with E-state index in [1.165, 1.54) is 6.42 Å². The summed E-state index contributed by atoms with van der Waals surface area (Å²) in [5.74, 6) is 0.280. The monoisotopic (exact) mass is 239 g/mol. The highest BCUT2D eigenvalue weighted by molar-refractivity contribution is 5.84. The van der Waals surface area contributed by atoms with Crippen LogP contribution < -0.4 is 0 Å². The first kappa shape index (κ1) is 13.0. The number of hydrogen-bond acceptors (Lipinski definition) is 3. The Morgan fingerprint density at radius 3 is 2.18 bits per heavy atom. The fourth-order valence-electron chi connectivity index (χ4n) is 3.28. The number of hydroxylamine groups is 2. The lowest BCUT2D eigenvalue weighted by molar-refractivity contribution is -0.297. The summed E-state index contributed by atoms with van der Waals surface area (Å²) in [5.41, 5.74) is 0.0647. The molecule has 1 unspecified atom stereocenters. The van der Waals surface area contributed by atoms with Crippen molar-refractivity contribution in [2.45, 2.75) is 83.4 Å². The number of carbonyl (C=O) groups excluding carboxylic acids is 1. The molecule has 1 saturated heterocycles. The molecule has 17 heavy (non-hydrogen) atoms. The Hall–Kier alpha value is -0.410. The van der Waals surface area contributed by atoms with Gasteiger partial charge in [0.2, 0.25) is 0 Å². The smallest absolute Gasteiger partial charge is 0.163 e. The number of nitrogens with zero attached hydrogens (tertiary/aromatic N) is 1. The first-order valence-corrected chi connectivity index (χ1v) is 6.83. The Morgan fingerprint density at radius 1 is 1.12 bits per heavy atom. The Bertz CT molecular complexity index is 293. The van der Waals surface area contributed by atoms with E-state index in [0.717, 1.165) is 25.7 Å². The van der Waals surface area contributed by atoms with Crippen LogP contribution in [0.3, 0.4) is 0 Å². The average Bonchev–Trinajstić information content (AvgIpc) is 2.57. The highest BCUT2D eigenvalue weighted by Gasteiger charge is 2.44. The van der Waals surface area contributed by atoms with Gasteiger partial charge in [0.25, 0.3) is 0 Å². The zero-order valence-corrected chi connectivity index (χ0v) is 11.6. The zero-order valence-electron chi connectivity index (χ0n) is 11.6. The molecule has 3 heteroatoms. The Morgan fingerprint density at radius 2 is 1.71 bits per heavy atom. The first-order valence-electron chi connectivity index (χ1n) is 6.83. The summed E-state index contributed by atoms with van der Waals surface area (Å²) in [6.07, 6.45) is 5.89. The lowest BCUT2D eigenvalue weighted by Crippen LogP contribution is -2.59. The third-order valence-corrected chi connectivity index (χ3v) is 4.16. The van der Waals surface area contributed by atoms with E-state index in [1.54, 1.807) is 0 Å². The molecule has 3 nitrogen and oxygen atoms in total. The van der Waals surface area contributed by atoms with Crippen LogP contribution in [0.2, 0.25) is 0 Å². The lowest BCUT2D eigenvalue weighted by Gasteiger charge is -2.52. The van der Waals surface area contributed by atoms with E-state index in [0.29, 0.717) is 6.42 Å². The van der Waals surface area contributed by atoms with E-state index in [-0.39, 0.29) is 23.0 Å². The van der Waals surface area contributed by atoms with Gasteiger partial charge in [-0.1, -0.05) is 0 Å². The highest BCUT2D eigenvalue weighted by atomic mass is 16.7. The van der Waals surface area contributed by atoms with E-state index in [1.807, 2.05) is 0 Å². The van der Waals surface area contributed by atoms with Crippen LogP contribution in [-0.2, 0) is 9.63 Å². The summed E-state index contributed by atoms with van der Waals surface area (Å²) in [6, 6.07) is 0. The van der Waals surface area contributed by atoms with E-state index >= 15 is 0 Å². The minimum atomic E-state index is -0.188. The van der Waals surface area contributed by atoms with E-state index in [4.69, 9.17) is 4.84 Å². The number of piperidine rings is 1. The molecule has 2 rings (SSSR count). The van der Waals surface area contributed by atoms with Gasteiger partial charge >= 0.3 is 0 Å². The minimum absolute atomic E-state index is 0.0324. The molecule has 2 fully saturated rings. The van der Waals surface area contributed by atoms with Gasteiger partial charge in [0, 0.05) is 17.5 Å². The Balaban J connectivity index is 2.12. The summed E-state index contributed by atoms with van der Waals surface area (Å²) < 4.78 is 0. The fraction of sp³-hybridized carbons (Fsp3) is 0.929. The predicted molar refractivity (Wildman–Crippen MR) is 67.6 cm³/mol. The van der Waals surface area contributed by atoms with Crippen molar-refractivity contribution in [2.75, 3.05) is 0 Å². The second-order valence-electron chi connectivity index (χ2n) is 6.73. The van der Waals surface area contributed by atoms with Crippen molar-refractivity contribution < 1.29 is 9.63 Å². The van der Waals surface area contributed by atoms with Crippen LogP contribution in [0.1, 0.15) is 66.2 Å².